The van der Waals surface area contributed by atoms with Crippen molar-refractivity contribution in [3.05, 3.63) is 53.7 Å². The largest absolute Gasteiger partial charge is 0.319 e. The summed E-state index contributed by atoms with van der Waals surface area (Å²) in [6.07, 6.45) is 1.44. The molecule has 1 heterocycles. The van der Waals surface area contributed by atoms with Gasteiger partial charge in [-0.15, -0.1) is 0 Å². The molecule has 1 aromatic carbocycles. The Morgan fingerprint density at radius 2 is 2.05 bits per heavy atom. The van der Waals surface area contributed by atoms with Gasteiger partial charge in [0.15, 0.2) is 5.82 Å². The van der Waals surface area contributed by atoms with E-state index in [1.165, 1.54) is 18.3 Å². The molecule has 0 unspecified atom stereocenters. The number of nitrogen functional groups attached to an aromatic ring is 1. The highest BCUT2D eigenvalue weighted by atomic mass is 19.1. The number of nitrogens with zero attached hydrogens (tertiary/aromatic N) is 1. The normalized spacial score (nSPS) is 10.1. The summed E-state index contributed by atoms with van der Waals surface area (Å²) < 4.78 is 26.4. The summed E-state index contributed by atoms with van der Waals surface area (Å²) in [6, 6.07) is 5.75. The van der Waals surface area contributed by atoms with Crippen LogP contribution in [0, 0.1) is 11.6 Å². The molecular formula is C12H10F2N4O. The van der Waals surface area contributed by atoms with Crippen molar-refractivity contribution in [2.45, 2.75) is 0 Å². The molecule has 0 fully saturated rings. The molecule has 0 spiro atoms. The number of pyridine rings is 1. The van der Waals surface area contributed by atoms with Gasteiger partial charge in [-0.3, -0.25) is 4.79 Å². The molecule has 4 N–H and O–H groups in total. The highest BCUT2D eigenvalue weighted by Crippen LogP contribution is 2.18. The van der Waals surface area contributed by atoms with E-state index in [1.807, 2.05) is 0 Å². The molecule has 0 aliphatic carbocycles. The number of halogens is 2. The maximum absolute atomic E-state index is 13.4. The van der Waals surface area contributed by atoms with Gasteiger partial charge >= 0.3 is 0 Å². The van der Waals surface area contributed by atoms with Crippen molar-refractivity contribution in [3.63, 3.8) is 0 Å². The van der Waals surface area contributed by atoms with Crippen LogP contribution in [0.4, 0.5) is 20.3 Å². The number of benzene rings is 1. The number of hydrazine groups is 1. The molecule has 5 nitrogen and oxygen atoms in total. The molecule has 0 saturated heterocycles. The lowest BCUT2D eigenvalue weighted by Crippen LogP contribution is -2.18. The van der Waals surface area contributed by atoms with Crippen LogP contribution >= 0.6 is 0 Å². The number of anilines is 2. The van der Waals surface area contributed by atoms with Gasteiger partial charge in [-0.1, -0.05) is 0 Å². The first-order valence-corrected chi connectivity index (χ1v) is 5.30. The second-order valence-electron chi connectivity index (χ2n) is 3.62. The van der Waals surface area contributed by atoms with Crippen molar-refractivity contribution in [1.29, 1.82) is 0 Å². The van der Waals surface area contributed by atoms with Gasteiger partial charge in [0.1, 0.15) is 11.6 Å². The molecule has 1 amide bonds. The van der Waals surface area contributed by atoms with Crippen molar-refractivity contribution in [1.82, 2.24) is 4.98 Å². The zero-order valence-corrected chi connectivity index (χ0v) is 9.65. The van der Waals surface area contributed by atoms with Crippen LogP contribution in [0.1, 0.15) is 10.4 Å². The minimum absolute atomic E-state index is 0.119. The van der Waals surface area contributed by atoms with Crippen LogP contribution in [-0.4, -0.2) is 10.9 Å². The summed E-state index contributed by atoms with van der Waals surface area (Å²) >= 11 is 0. The number of aromatic nitrogens is 1. The average Bonchev–Trinajstić information content (AvgIpc) is 2.42. The van der Waals surface area contributed by atoms with E-state index in [4.69, 9.17) is 5.84 Å². The lowest BCUT2D eigenvalue weighted by atomic mass is 10.2. The first-order chi connectivity index (χ1) is 9.11. The van der Waals surface area contributed by atoms with Crippen LogP contribution in [0.25, 0.3) is 0 Å². The fourth-order valence-corrected chi connectivity index (χ4v) is 1.49. The molecular weight excluding hydrogens is 254 g/mol. The second kappa shape index (κ2) is 5.40. The SMILES string of the molecule is NNc1ncccc1C(=O)Nc1cc(F)ccc1F. The molecule has 0 saturated carbocycles. The average molecular weight is 264 g/mol. The molecule has 1 aromatic heterocycles. The maximum Gasteiger partial charge on any atom is 0.259 e. The number of carbonyl (C=O) groups excluding carboxylic acids is 1. The van der Waals surface area contributed by atoms with Gasteiger partial charge in [0.05, 0.1) is 11.3 Å². The molecule has 0 atom stereocenters. The van der Waals surface area contributed by atoms with E-state index >= 15 is 0 Å². The monoisotopic (exact) mass is 264 g/mol. The van der Waals surface area contributed by atoms with E-state index in [1.54, 1.807) is 0 Å². The molecule has 19 heavy (non-hydrogen) atoms. The van der Waals surface area contributed by atoms with E-state index in [9.17, 15) is 13.6 Å². The predicted octanol–water partition coefficient (Wildman–Crippen LogP) is 1.90. The fourth-order valence-electron chi connectivity index (χ4n) is 1.49. The van der Waals surface area contributed by atoms with Crippen molar-refractivity contribution in [2.75, 3.05) is 10.7 Å². The number of nitrogens with two attached hydrogens (primary N) is 1. The zero-order valence-electron chi connectivity index (χ0n) is 9.65. The Hall–Kier alpha value is -2.54. The van der Waals surface area contributed by atoms with Crippen LogP contribution in [0.15, 0.2) is 36.5 Å². The quantitative estimate of drug-likeness (QED) is 0.584. The molecule has 98 valence electrons. The summed E-state index contributed by atoms with van der Waals surface area (Å²) in [5.41, 5.74) is 2.11. The number of carbonyl (C=O) groups is 1. The minimum atomic E-state index is -0.735. The van der Waals surface area contributed by atoms with Gasteiger partial charge in [0.25, 0.3) is 5.91 Å². The molecule has 0 bridgehead atoms. The standard InChI is InChI=1S/C12H10F2N4O/c13-7-3-4-9(14)10(6-7)17-12(19)8-2-1-5-16-11(8)18-15/h1-6H,15H2,(H,16,18)(H,17,19). The number of rotatable bonds is 3. The topological polar surface area (TPSA) is 80.0 Å². The van der Waals surface area contributed by atoms with Crippen molar-refractivity contribution in [3.8, 4) is 0 Å². The van der Waals surface area contributed by atoms with Crippen LogP contribution in [-0.2, 0) is 0 Å². The van der Waals surface area contributed by atoms with Crippen LogP contribution in [0.3, 0.4) is 0 Å². The van der Waals surface area contributed by atoms with Gasteiger partial charge in [-0.25, -0.2) is 19.6 Å². The molecule has 0 radical (unpaired) electrons. The molecule has 0 aliphatic heterocycles. The summed E-state index contributed by atoms with van der Waals surface area (Å²) in [4.78, 5) is 15.8. The number of nitrogens with one attached hydrogen (secondary N) is 2. The van der Waals surface area contributed by atoms with E-state index < -0.39 is 17.5 Å². The van der Waals surface area contributed by atoms with E-state index in [0.717, 1.165) is 18.2 Å². The van der Waals surface area contributed by atoms with Gasteiger partial charge in [-0.05, 0) is 24.3 Å². The van der Waals surface area contributed by atoms with Gasteiger partial charge in [-0.2, -0.15) is 0 Å². The van der Waals surface area contributed by atoms with E-state index in [-0.39, 0.29) is 17.1 Å². The summed E-state index contributed by atoms with van der Waals surface area (Å²) in [7, 11) is 0. The summed E-state index contributed by atoms with van der Waals surface area (Å²) in [5.74, 6) is 3.31. The highest BCUT2D eigenvalue weighted by molar-refractivity contribution is 6.07. The summed E-state index contributed by atoms with van der Waals surface area (Å²) in [5, 5.41) is 2.25. The van der Waals surface area contributed by atoms with Crippen LogP contribution < -0.4 is 16.6 Å². The highest BCUT2D eigenvalue weighted by Gasteiger charge is 2.14. The second-order valence-corrected chi connectivity index (χ2v) is 3.62. The third-order valence-corrected chi connectivity index (χ3v) is 2.37. The smallest absolute Gasteiger partial charge is 0.259 e. The molecule has 2 rings (SSSR count). The van der Waals surface area contributed by atoms with Crippen molar-refractivity contribution >= 4 is 17.4 Å². The molecule has 2 aromatic rings. The van der Waals surface area contributed by atoms with Crippen LogP contribution in [0.2, 0.25) is 0 Å². The minimum Gasteiger partial charge on any atom is -0.319 e. The fraction of sp³-hybridized carbons (Fsp3) is 0. The lowest BCUT2D eigenvalue weighted by Gasteiger charge is -2.09. The third kappa shape index (κ3) is 2.83. The lowest BCUT2D eigenvalue weighted by molar-refractivity contribution is 0.102. The molecule has 7 heteroatoms. The van der Waals surface area contributed by atoms with E-state index in [2.05, 4.69) is 15.7 Å². The Balaban J connectivity index is 2.28. The van der Waals surface area contributed by atoms with Crippen molar-refractivity contribution in [2.24, 2.45) is 5.84 Å². The Morgan fingerprint density at radius 1 is 1.26 bits per heavy atom. The molecule has 0 aliphatic rings. The number of hydrogen-bond donors (Lipinski definition) is 3. The third-order valence-electron chi connectivity index (χ3n) is 2.37. The Bertz CT molecular complexity index is 618. The number of amides is 1. The predicted molar refractivity (Wildman–Crippen MR) is 66.4 cm³/mol. The Morgan fingerprint density at radius 3 is 2.79 bits per heavy atom. The maximum atomic E-state index is 13.4. The van der Waals surface area contributed by atoms with E-state index in [0.29, 0.717) is 0 Å². The Kier molecular flexibility index (Phi) is 3.67. The first-order valence-electron chi connectivity index (χ1n) is 5.30. The summed E-state index contributed by atoms with van der Waals surface area (Å²) in [6.45, 7) is 0. The van der Waals surface area contributed by atoms with Gasteiger partial charge in [0.2, 0.25) is 0 Å². The van der Waals surface area contributed by atoms with Gasteiger partial charge < -0.3 is 10.7 Å². The number of hydrogen-bond acceptors (Lipinski definition) is 4. The van der Waals surface area contributed by atoms with Crippen molar-refractivity contribution < 1.29 is 13.6 Å². The van der Waals surface area contributed by atoms with Crippen LogP contribution in [0.5, 0.6) is 0 Å². The first kappa shape index (κ1) is 12.9. The van der Waals surface area contributed by atoms with Gasteiger partial charge in [0, 0.05) is 12.3 Å². The zero-order chi connectivity index (χ0) is 13.8. The Labute approximate surface area is 107 Å².